The van der Waals surface area contributed by atoms with Gasteiger partial charge in [0.05, 0.1) is 0 Å². The molecule has 72 valence electrons. The van der Waals surface area contributed by atoms with Crippen LogP contribution in [0.3, 0.4) is 0 Å². The first-order valence-electron chi connectivity index (χ1n) is 5.14. The van der Waals surface area contributed by atoms with E-state index in [1.54, 1.807) is 0 Å². The van der Waals surface area contributed by atoms with Crippen molar-refractivity contribution in [3.8, 4) is 0 Å². The molecule has 2 unspecified atom stereocenters. The molecule has 0 aliphatic heterocycles. The summed E-state index contributed by atoms with van der Waals surface area (Å²) in [7, 11) is 2.23. The van der Waals surface area contributed by atoms with E-state index in [1.165, 1.54) is 25.8 Å². The van der Waals surface area contributed by atoms with E-state index in [-0.39, 0.29) is 0 Å². The normalized spacial score (nSPS) is 30.0. The lowest BCUT2D eigenvalue weighted by Gasteiger charge is -2.23. The highest BCUT2D eigenvalue weighted by molar-refractivity contribution is 4.79. The molecule has 12 heavy (non-hydrogen) atoms. The second-order valence-corrected chi connectivity index (χ2v) is 4.19. The Bertz CT molecular complexity index is 125. The van der Waals surface area contributed by atoms with Crippen molar-refractivity contribution in [1.29, 1.82) is 0 Å². The molecule has 0 aromatic rings. The minimum atomic E-state index is 0.826. The van der Waals surface area contributed by atoms with Gasteiger partial charge in [-0.25, -0.2) is 0 Å². The van der Waals surface area contributed by atoms with Crippen LogP contribution in [0.25, 0.3) is 0 Å². The first-order valence-corrected chi connectivity index (χ1v) is 5.14. The Labute approximate surface area is 76.1 Å². The summed E-state index contributed by atoms with van der Waals surface area (Å²) in [5.41, 5.74) is 5.48. The smallest absolute Gasteiger partial charge is 0.00948 e. The Morgan fingerprint density at radius 2 is 2.17 bits per heavy atom. The van der Waals surface area contributed by atoms with Crippen LogP contribution >= 0.6 is 0 Å². The minimum Gasteiger partial charge on any atom is -0.330 e. The van der Waals surface area contributed by atoms with Gasteiger partial charge in [-0.3, -0.25) is 0 Å². The van der Waals surface area contributed by atoms with Crippen molar-refractivity contribution in [1.82, 2.24) is 4.90 Å². The number of nitrogens with zero attached hydrogens (tertiary/aromatic N) is 1. The van der Waals surface area contributed by atoms with Gasteiger partial charge in [-0.15, -0.1) is 0 Å². The van der Waals surface area contributed by atoms with Crippen LogP contribution in [0, 0.1) is 5.92 Å². The quantitative estimate of drug-likeness (QED) is 0.692. The fraction of sp³-hybridized carbons (Fsp3) is 1.00. The zero-order chi connectivity index (χ0) is 8.97. The second kappa shape index (κ2) is 4.83. The van der Waals surface area contributed by atoms with Gasteiger partial charge < -0.3 is 10.6 Å². The van der Waals surface area contributed by atoms with Crippen LogP contribution in [0.1, 0.15) is 32.6 Å². The molecule has 2 nitrogen and oxygen atoms in total. The van der Waals surface area contributed by atoms with Crippen LogP contribution in [0.5, 0.6) is 0 Å². The largest absolute Gasteiger partial charge is 0.330 e. The molecule has 1 aliphatic carbocycles. The Morgan fingerprint density at radius 1 is 1.42 bits per heavy atom. The van der Waals surface area contributed by atoms with Crippen molar-refractivity contribution in [3.05, 3.63) is 0 Å². The highest BCUT2D eigenvalue weighted by Gasteiger charge is 2.23. The van der Waals surface area contributed by atoms with Gasteiger partial charge in [-0.1, -0.05) is 6.92 Å². The first-order chi connectivity index (χ1) is 5.74. The van der Waals surface area contributed by atoms with Gasteiger partial charge in [-0.2, -0.15) is 0 Å². The standard InChI is InChI=1S/C10H22N2/c1-9-4-5-10(8-9)12(2)7-3-6-11/h9-10H,3-8,11H2,1-2H3. The second-order valence-electron chi connectivity index (χ2n) is 4.19. The zero-order valence-electron chi connectivity index (χ0n) is 8.42. The maximum absolute atomic E-state index is 5.48. The molecular formula is C10H22N2. The van der Waals surface area contributed by atoms with E-state index in [1.807, 2.05) is 0 Å². The molecule has 0 amide bonds. The molecule has 0 aromatic carbocycles. The van der Waals surface area contributed by atoms with Crippen molar-refractivity contribution in [2.45, 2.75) is 38.6 Å². The van der Waals surface area contributed by atoms with E-state index in [0.717, 1.165) is 24.9 Å². The van der Waals surface area contributed by atoms with Gasteiger partial charge in [0, 0.05) is 6.04 Å². The van der Waals surface area contributed by atoms with Gasteiger partial charge in [-0.05, 0) is 51.7 Å². The summed E-state index contributed by atoms with van der Waals surface area (Å²) in [5, 5.41) is 0. The summed E-state index contributed by atoms with van der Waals surface area (Å²) in [4.78, 5) is 2.48. The summed E-state index contributed by atoms with van der Waals surface area (Å²) in [6, 6.07) is 0.839. The molecule has 2 N–H and O–H groups in total. The lowest BCUT2D eigenvalue weighted by Crippen LogP contribution is -2.31. The Balaban J connectivity index is 2.18. The molecule has 0 aromatic heterocycles. The predicted molar refractivity (Wildman–Crippen MR) is 53.1 cm³/mol. The topological polar surface area (TPSA) is 29.3 Å². The third kappa shape index (κ3) is 2.76. The molecule has 2 heteroatoms. The highest BCUT2D eigenvalue weighted by atomic mass is 15.1. The third-order valence-corrected chi connectivity index (χ3v) is 3.01. The molecule has 1 fully saturated rings. The minimum absolute atomic E-state index is 0.826. The summed E-state index contributed by atoms with van der Waals surface area (Å²) < 4.78 is 0. The molecule has 0 spiro atoms. The van der Waals surface area contributed by atoms with E-state index in [0.29, 0.717) is 0 Å². The van der Waals surface area contributed by atoms with Gasteiger partial charge in [0.1, 0.15) is 0 Å². The maximum Gasteiger partial charge on any atom is 0.00948 e. The molecule has 1 saturated carbocycles. The lowest BCUT2D eigenvalue weighted by molar-refractivity contribution is 0.240. The van der Waals surface area contributed by atoms with Gasteiger partial charge in [0.25, 0.3) is 0 Å². The summed E-state index contributed by atoms with van der Waals surface area (Å²) in [6.07, 6.45) is 5.34. The number of hydrogen-bond acceptors (Lipinski definition) is 2. The number of hydrogen-bond donors (Lipinski definition) is 1. The molecule has 0 heterocycles. The van der Waals surface area contributed by atoms with Gasteiger partial charge in [0.2, 0.25) is 0 Å². The molecule has 0 radical (unpaired) electrons. The average molecular weight is 170 g/mol. The fourth-order valence-corrected chi connectivity index (χ4v) is 2.10. The molecule has 0 bridgehead atoms. The molecule has 0 saturated heterocycles. The first kappa shape index (κ1) is 10.0. The summed E-state index contributed by atoms with van der Waals surface area (Å²) in [6.45, 7) is 4.36. The molecule has 1 rings (SSSR count). The van der Waals surface area contributed by atoms with Crippen molar-refractivity contribution in [3.63, 3.8) is 0 Å². The highest BCUT2D eigenvalue weighted by Crippen LogP contribution is 2.27. The van der Waals surface area contributed by atoms with Gasteiger partial charge in [0.15, 0.2) is 0 Å². The van der Waals surface area contributed by atoms with E-state index in [9.17, 15) is 0 Å². The van der Waals surface area contributed by atoms with E-state index in [2.05, 4.69) is 18.9 Å². The van der Waals surface area contributed by atoms with Crippen molar-refractivity contribution < 1.29 is 0 Å². The monoisotopic (exact) mass is 170 g/mol. The van der Waals surface area contributed by atoms with Gasteiger partial charge >= 0.3 is 0 Å². The van der Waals surface area contributed by atoms with Crippen LogP contribution in [0.15, 0.2) is 0 Å². The Morgan fingerprint density at radius 3 is 2.67 bits per heavy atom. The van der Waals surface area contributed by atoms with Crippen molar-refractivity contribution in [2.75, 3.05) is 20.1 Å². The van der Waals surface area contributed by atoms with Crippen molar-refractivity contribution in [2.24, 2.45) is 11.7 Å². The van der Waals surface area contributed by atoms with Crippen LogP contribution < -0.4 is 5.73 Å². The Kier molecular flexibility index (Phi) is 4.02. The Hall–Kier alpha value is -0.0800. The number of rotatable bonds is 4. The SMILES string of the molecule is CC1CCC(N(C)CCCN)C1. The average Bonchev–Trinajstić information content (AvgIpc) is 2.47. The summed E-state index contributed by atoms with van der Waals surface area (Å²) >= 11 is 0. The maximum atomic E-state index is 5.48. The van der Waals surface area contributed by atoms with Crippen LogP contribution in [-0.2, 0) is 0 Å². The van der Waals surface area contributed by atoms with E-state index in [4.69, 9.17) is 5.73 Å². The van der Waals surface area contributed by atoms with Crippen molar-refractivity contribution >= 4 is 0 Å². The zero-order valence-corrected chi connectivity index (χ0v) is 8.42. The molecule has 2 atom stereocenters. The lowest BCUT2D eigenvalue weighted by atomic mass is 10.1. The molecule has 1 aliphatic rings. The predicted octanol–water partition coefficient (Wildman–Crippen LogP) is 1.46. The van der Waals surface area contributed by atoms with E-state index < -0.39 is 0 Å². The molecular weight excluding hydrogens is 148 g/mol. The summed E-state index contributed by atoms with van der Waals surface area (Å²) in [5.74, 6) is 0.940. The van der Waals surface area contributed by atoms with Crippen LogP contribution in [0.2, 0.25) is 0 Å². The van der Waals surface area contributed by atoms with Crippen LogP contribution in [0.4, 0.5) is 0 Å². The third-order valence-electron chi connectivity index (χ3n) is 3.01. The fourth-order valence-electron chi connectivity index (χ4n) is 2.10. The van der Waals surface area contributed by atoms with Crippen LogP contribution in [-0.4, -0.2) is 31.1 Å². The van der Waals surface area contributed by atoms with E-state index >= 15 is 0 Å². The number of nitrogens with two attached hydrogens (primary N) is 1.